The van der Waals surface area contributed by atoms with Crippen LogP contribution in [0.1, 0.15) is 25.7 Å². The van der Waals surface area contributed by atoms with Crippen molar-refractivity contribution >= 4 is 6.29 Å². The Balaban J connectivity index is 1.88. The van der Waals surface area contributed by atoms with Crippen LogP contribution in [0.5, 0.6) is 0 Å². The molecular formula is C6H10O. The van der Waals surface area contributed by atoms with Crippen molar-refractivity contribution in [3.63, 3.8) is 0 Å². The van der Waals surface area contributed by atoms with Gasteiger partial charge in [0, 0.05) is 6.42 Å². The second-order valence-corrected chi connectivity index (χ2v) is 2.19. The highest BCUT2D eigenvalue weighted by Gasteiger charge is 2.19. The van der Waals surface area contributed by atoms with Crippen LogP contribution < -0.4 is 0 Å². The van der Waals surface area contributed by atoms with Crippen LogP contribution in [-0.2, 0) is 4.79 Å². The normalized spacial score (nSPS) is 19.4. The first kappa shape index (κ1) is 4.82. The van der Waals surface area contributed by atoms with Crippen LogP contribution in [0.3, 0.4) is 0 Å². The molecule has 0 spiro atoms. The molecule has 0 N–H and O–H groups in total. The van der Waals surface area contributed by atoms with Gasteiger partial charge in [-0.05, 0) is 12.3 Å². The van der Waals surface area contributed by atoms with Gasteiger partial charge < -0.3 is 4.79 Å². The molecule has 1 rings (SSSR count). The molecule has 0 radical (unpaired) electrons. The second kappa shape index (κ2) is 2.10. The fourth-order valence-electron chi connectivity index (χ4n) is 0.710. The van der Waals surface area contributed by atoms with Crippen LogP contribution in [0.4, 0.5) is 0 Å². The molecule has 0 bridgehead atoms. The molecule has 0 aromatic heterocycles. The number of aldehydes is 1. The largest absolute Gasteiger partial charge is 0.303 e. The summed E-state index contributed by atoms with van der Waals surface area (Å²) in [5.41, 5.74) is 0. The SMILES string of the molecule is O=CCCC1CC1. The van der Waals surface area contributed by atoms with Gasteiger partial charge in [-0.25, -0.2) is 0 Å². The molecule has 1 fully saturated rings. The van der Waals surface area contributed by atoms with Gasteiger partial charge in [0.2, 0.25) is 0 Å². The Morgan fingerprint density at radius 1 is 1.57 bits per heavy atom. The van der Waals surface area contributed by atoms with Gasteiger partial charge in [0.25, 0.3) is 0 Å². The molecule has 7 heavy (non-hydrogen) atoms. The van der Waals surface area contributed by atoms with E-state index in [9.17, 15) is 4.79 Å². The molecule has 0 unspecified atom stereocenters. The van der Waals surface area contributed by atoms with Crippen LogP contribution in [0.2, 0.25) is 0 Å². The first-order chi connectivity index (χ1) is 3.43. The topological polar surface area (TPSA) is 17.1 Å². The van der Waals surface area contributed by atoms with E-state index in [2.05, 4.69) is 0 Å². The minimum absolute atomic E-state index is 0.782. The molecule has 40 valence electrons. The smallest absolute Gasteiger partial charge is 0.120 e. The Bertz CT molecular complexity index is 64.6. The van der Waals surface area contributed by atoms with Crippen molar-refractivity contribution in [2.75, 3.05) is 0 Å². The average molecular weight is 98.1 g/mol. The van der Waals surface area contributed by atoms with Crippen LogP contribution in [0.15, 0.2) is 0 Å². The van der Waals surface area contributed by atoms with Crippen molar-refractivity contribution in [2.24, 2.45) is 5.92 Å². The molecular weight excluding hydrogens is 88.1 g/mol. The number of hydrogen-bond donors (Lipinski definition) is 0. The van der Waals surface area contributed by atoms with E-state index >= 15 is 0 Å². The number of rotatable bonds is 3. The van der Waals surface area contributed by atoms with Gasteiger partial charge in [-0.15, -0.1) is 0 Å². The van der Waals surface area contributed by atoms with Gasteiger partial charge in [-0.3, -0.25) is 0 Å². The summed E-state index contributed by atoms with van der Waals surface area (Å²) < 4.78 is 0. The molecule has 0 aromatic carbocycles. The highest BCUT2D eigenvalue weighted by Crippen LogP contribution is 2.32. The lowest BCUT2D eigenvalue weighted by Gasteiger charge is -1.82. The maximum atomic E-state index is 9.74. The minimum Gasteiger partial charge on any atom is -0.303 e. The van der Waals surface area contributed by atoms with Crippen molar-refractivity contribution in [1.29, 1.82) is 0 Å². The lowest BCUT2D eigenvalue weighted by Crippen LogP contribution is -1.75. The summed E-state index contributed by atoms with van der Waals surface area (Å²) in [7, 11) is 0. The van der Waals surface area contributed by atoms with Crippen LogP contribution in [0, 0.1) is 5.92 Å². The Labute approximate surface area is 43.7 Å². The van der Waals surface area contributed by atoms with E-state index < -0.39 is 0 Å². The summed E-state index contributed by atoms with van der Waals surface area (Å²) in [5, 5.41) is 0. The van der Waals surface area contributed by atoms with Crippen molar-refractivity contribution in [3.05, 3.63) is 0 Å². The lowest BCUT2D eigenvalue weighted by molar-refractivity contribution is -0.108. The standard InChI is InChI=1S/C6H10O/c7-5-1-2-6-3-4-6/h5-6H,1-4H2. The van der Waals surface area contributed by atoms with Gasteiger partial charge in [-0.2, -0.15) is 0 Å². The molecule has 1 saturated carbocycles. The molecule has 0 heterocycles. The first-order valence-corrected chi connectivity index (χ1v) is 2.87. The average Bonchev–Trinajstić information content (AvgIpc) is 2.42. The molecule has 0 saturated heterocycles. The monoisotopic (exact) mass is 98.1 g/mol. The first-order valence-electron chi connectivity index (χ1n) is 2.87. The zero-order valence-corrected chi connectivity index (χ0v) is 4.39. The summed E-state index contributed by atoms with van der Waals surface area (Å²) in [5.74, 6) is 0.921. The third-order valence-electron chi connectivity index (χ3n) is 1.39. The second-order valence-electron chi connectivity index (χ2n) is 2.19. The molecule has 1 aliphatic carbocycles. The third-order valence-corrected chi connectivity index (χ3v) is 1.39. The van der Waals surface area contributed by atoms with Crippen molar-refractivity contribution in [1.82, 2.24) is 0 Å². The zero-order valence-electron chi connectivity index (χ0n) is 4.39. The summed E-state index contributed by atoms with van der Waals surface area (Å²) in [6.45, 7) is 0. The van der Waals surface area contributed by atoms with E-state index in [4.69, 9.17) is 0 Å². The summed E-state index contributed by atoms with van der Waals surface area (Å²) in [6, 6.07) is 0. The third kappa shape index (κ3) is 1.72. The van der Waals surface area contributed by atoms with Crippen molar-refractivity contribution < 1.29 is 4.79 Å². The zero-order chi connectivity index (χ0) is 5.11. The van der Waals surface area contributed by atoms with E-state index in [1.807, 2.05) is 0 Å². The van der Waals surface area contributed by atoms with Crippen LogP contribution in [-0.4, -0.2) is 6.29 Å². The molecule has 0 aromatic rings. The van der Waals surface area contributed by atoms with Gasteiger partial charge in [0.1, 0.15) is 6.29 Å². The molecule has 1 heteroatoms. The van der Waals surface area contributed by atoms with Crippen LogP contribution >= 0.6 is 0 Å². The minimum atomic E-state index is 0.782. The number of carbonyl (C=O) groups is 1. The Morgan fingerprint density at radius 3 is 2.71 bits per heavy atom. The maximum Gasteiger partial charge on any atom is 0.120 e. The van der Waals surface area contributed by atoms with Gasteiger partial charge >= 0.3 is 0 Å². The summed E-state index contributed by atoms with van der Waals surface area (Å²) >= 11 is 0. The van der Waals surface area contributed by atoms with E-state index in [1.165, 1.54) is 12.8 Å². The maximum absolute atomic E-state index is 9.74. The van der Waals surface area contributed by atoms with E-state index in [0.717, 1.165) is 25.0 Å². The molecule has 0 amide bonds. The predicted octanol–water partition coefficient (Wildman–Crippen LogP) is 1.38. The Morgan fingerprint density at radius 2 is 2.29 bits per heavy atom. The fraction of sp³-hybridized carbons (Fsp3) is 0.833. The quantitative estimate of drug-likeness (QED) is 0.487. The number of carbonyl (C=O) groups excluding carboxylic acids is 1. The molecule has 1 nitrogen and oxygen atoms in total. The van der Waals surface area contributed by atoms with Crippen molar-refractivity contribution in [2.45, 2.75) is 25.7 Å². The highest BCUT2D eigenvalue weighted by molar-refractivity contribution is 5.49. The Kier molecular flexibility index (Phi) is 1.45. The number of hydrogen-bond acceptors (Lipinski definition) is 1. The van der Waals surface area contributed by atoms with Gasteiger partial charge in [-0.1, -0.05) is 12.8 Å². The lowest BCUT2D eigenvalue weighted by atomic mass is 10.2. The Hall–Kier alpha value is -0.330. The highest BCUT2D eigenvalue weighted by atomic mass is 16.1. The van der Waals surface area contributed by atoms with Gasteiger partial charge in [0.15, 0.2) is 0 Å². The van der Waals surface area contributed by atoms with Crippen molar-refractivity contribution in [3.8, 4) is 0 Å². The van der Waals surface area contributed by atoms with E-state index in [1.54, 1.807) is 0 Å². The van der Waals surface area contributed by atoms with E-state index in [0.29, 0.717) is 0 Å². The fourth-order valence-corrected chi connectivity index (χ4v) is 0.710. The summed E-state index contributed by atoms with van der Waals surface area (Å²) in [4.78, 5) is 9.74. The van der Waals surface area contributed by atoms with Gasteiger partial charge in [0.05, 0.1) is 0 Å². The molecule has 0 aliphatic heterocycles. The van der Waals surface area contributed by atoms with Crippen LogP contribution in [0.25, 0.3) is 0 Å². The summed E-state index contributed by atoms with van der Waals surface area (Å²) in [6.07, 6.45) is 5.67. The predicted molar refractivity (Wildman–Crippen MR) is 28.0 cm³/mol. The molecule has 1 aliphatic rings. The van der Waals surface area contributed by atoms with E-state index in [-0.39, 0.29) is 0 Å². The molecule has 0 atom stereocenters.